The van der Waals surface area contributed by atoms with Gasteiger partial charge in [-0.25, -0.2) is 4.57 Å². The molecule has 0 aromatic carbocycles. The van der Waals surface area contributed by atoms with Crippen LogP contribution >= 0.6 is 0 Å². The van der Waals surface area contributed by atoms with Gasteiger partial charge in [-0.05, 0) is 6.07 Å². The number of pyridine rings is 1. The smallest absolute Gasteiger partial charge is 0.178 e. The first-order valence-electron chi connectivity index (χ1n) is 3.14. The molecule has 2 nitrogen and oxygen atoms in total. The van der Waals surface area contributed by atoms with E-state index in [4.69, 9.17) is 0 Å². The van der Waals surface area contributed by atoms with Crippen LogP contribution in [0.5, 0.6) is 0 Å². The maximum Gasteiger partial charge on any atom is 0.178 e. The molecule has 0 radical (unpaired) electrons. The van der Waals surface area contributed by atoms with E-state index in [1.165, 1.54) is 11.4 Å². The van der Waals surface area contributed by atoms with Gasteiger partial charge in [0.2, 0.25) is 0 Å². The standard InChI is InChI=1S/C8H12N.H2O/c1-7-5-4-6-8(2)9(7)3;/h4-6H,1-3H3;1H2/q+1;/p-1. The van der Waals surface area contributed by atoms with Crippen molar-refractivity contribution in [1.82, 2.24) is 0 Å². The van der Waals surface area contributed by atoms with Crippen LogP contribution in [0.2, 0.25) is 0 Å². The molecule has 0 unspecified atom stereocenters. The molecule has 1 aromatic rings. The third-order valence-corrected chi connectivity index (χ3v) is 1.73. The van der Waals surface area contributed by atoms with Crippen LogP contribution in [0.25, 0.3) is 0 Å². The topological polar surface area (TPSA) is 33.9 Å². The van der Waals surface area contributed by atoms with Crippen LogP contribution in [0.3, 0.4) is 0 Å². The molecule has 0 bridgehead atoms. The molecule has 0 saturated heterocycles. The second kappa shape index (κ2) is 3.32. The first-order valence-corrected chi connectivity index (χ1v) is 3.14. The molecule has 0 amide bonds. The molecule has 0 aliphatic heterocycles. The maximum absolute atomic E-state index is 2.17. The summed E-state index contributed by atoms with van der Waals surface area (Å²) >= 11 is 0. The molecule has 0 spiro atoms. The summed E-state index contributed by atoms with van der Waals surface area (Å²) in [5.74, 6) is 0. The van der Waals surface area contributed by atoms with Crippen LogP contribution in [0, 0.1) is 13.8 Å². The molecule has 2 heteroatoms. The van der Waals surface area contributed by atoms with E-state index >= 15 is 0 Å². The van der Waals surface area contributed by atoms with E-state index in [0.717, 1.165) is 0 Å². The van der Waals surface area contributed by atoms with Crippen molar-refractivity contribution in [2.24, 2.45) is 7.05 Å². The van der Waals surface area contributed by atoms with Gasteiger partial charge in [-0.2, -0.15) is 0 Å². The van der Waals surface area contributed by atoms with Crippen molar-refractivity contribution in [3.63, 3.8) is 0 Å². The number of aromatic nitrogens is 1. The molecule has 56 valence electrons. The van der Waals surface area contributed by atoms with E-state index in [2.05, 4.69) is 43.7 Å². The largest absolute Gasteiger partial charge is 0.870 e. The third kappa shape index (κ3) is 1.54. The van der Waals surface area contributed by atoms with Crippen LogP contribution in [0.1, 0.15) is 11.4 Å². The molecule has 10 heavy (non-hydrogen) atoms. The summed E-state index contributed by atoms with van der Waals surface area (Å²) in [6.45, 7) is 4.21. The first kappa shape index (κ1) is 9.11. The molecule has 0 saturated carbocycles. The summed E-state index contributed by atoms with van der Waals surface area (Å²) in [5.41, 5.74) is 2.60. The fourth-order valence-electron chi connectivity index (χ4n) is 0.828. The van der Waals surface area contributed by atoms with E-state index in [-0.39, 0.29) is 5.48 Å². The van der Waals surface area contributed by atoms with Crippen molar-refractivity contribution in [3.05, 3.63) is 29.6 Å². The quantitative estimate of drug-likeness (QED) is 0.493. The highest BCUT2D eigenvalue weighted by Gasteiger charge is 2.00. The van der Waals surface area contributed by atoms with E-state index in [1.807, 2.05) is 0 Å². The zero-order valence-corrected chi connectivity index (χ0v) is 6.63. The maximum atomic E-state index is 2.17. The number of aryl methyl sites for hydroxylation is 2. The molecular weight excluding hydrogens is 126 g/mol. The van der Waals surface area contributed by atoms with Crippen molar-refractivity contribution in [3.8, 4) is 0 Å². The zero-order valence-electron chi connectivity index (χ0n) is 6.63. The molecular formula is C8H13NO. The second-order valence-corrected chi connectivity index (χ2v) is 2.37. The minimum Gasteiger partial charge on any atom is -0.870 e. The summed E-state index contributed by atoms with van der Waals surface area (Å²) in [6.07, 6.45) is 0. The van der Waals surface area contributed by atoms with Gasteiger partial charge in [-0.15, -0.1) is 0 Å². The van der Waals surface area contributed by atoms with E-state index in [1.54, 1.807) is 0 Å². The second-order valence-electron chi connectivity index (χ2n) is 2.37. The van der Waals surface area contributed by atoms with E-state index < -0.39 is 0 Å². The Balaban J connectivity index is 0.000000810. The number of hydrogen-bond acceptors (Lipinski definition) is 1. The minimum absolute atomic E-state index is 0. The Labute approximate surface area is 61.4 Å². The monoisotopic (exact) mass is 139 g/mol. The van der Waals surface area contributed by atoms with Crippen molar-refractivity contribution >= 4 is 0 Å². The van der Waals surface area contributed by atoms with E-state index in [0.29, 0.717) is 0 Å². The number of rotatable bonds is 0. The predicted molar refractivity (Wildman–Crippen MR) is 39.0 cm³/mol. The lowest BCUT2D eigenvalue weighted by atomic mass is 10.3. The zero-order chi connectivity index (χ0) is 6.85. The van der Waals surface area contributed by atoms with Gasteiger partial charge in [-0.1, -0.05) is 0 Å². The lowest BCUT2D eigenvalue weighted by Gasteiger charge is -1.94. The Hall–Kier alpha value is -0.890. The highest BCUT2D eigenvalue weighted by Crippen LogP contribution is 1.90. The van der Waals surface area contributed by atoms with Crippen LogP contribution in [0.15, 0.2) is 18.2 Å². The highest BCUT2D eigenvalue weighted by molar-refractivity contribution is 5.00. The van der Waals surface area contributed by atoms with Crippen LogP contribution in [-0.2, 0) is 7.05 Å². The van der Waals surface area contributed by atoms with Crippen molar-refractivity contribution in [2.45, 2.75) is 13.8 Å². The van der Waals surface area contributed by atoms with Gasteiger partial charge in [0, 0.05) is 26.0 Å². The van der Waals surface area contributed by atoms with Gasteiger partial charge in [-0.3, -0.25) is 0 Å². The van der Waals surface area contributed by atoms with E-state index in [9.17, 15) is 0 Å². The summed E-state index contributed by atoms with van der Waals surface area (Å²) in [4.78, 5) is 0. The summed E-state index contributed by atoms with van der Waals surface area (Å²) < 4.78 is 2.17. The van der Waals surface area contributed by atoms with Gasteiger partial charge in [0.1, 0.15) is 7.05 Å². The molecule has 1 aromatic heterocycles. The van der Waals surface area contributed by atoms with Crippen molar-refractivity contribution in [2.75, 3.05) is 0 Å². The molecule has 1 heterocycles. The SMILES string of the molecule is Cc1cccc(C)[n+]1C.[OH-]. The fourth-order valence-corrected chi connectivity index (χ4v) is 0.828. The van der Waals surface area contributed by atoms with Crippen molar-refractivity contribution < 1.29 is 10.0 Å². The highest BCUT2D eigenvalue weighted by atomic mass is 16.0. The summed E-state index contributed by atoms with van der Waals surface area (Å²) in [7, 11) is 2.07. The Morgan fingerprint density at radius 3 is 1.80 bits per heavy atom. The minimum atomic E-state index is 0. The normalized spacial score (nSPS) is 8.70. The third-order valence-electron chi connectivity index (χ3n) is 1.73. The molecule has 1 rings (SSSR count). The molecule has 0 fully saturated rings. The van der Waals surface area contributed by atoms with Crippen LogP contribution < -0.4 is 4.57 Å². The molecule has 0 atom stereocenters. The Kier molecular flexibility index (Phi) is 3.03. The molecule has 0 aliphatic rings. The van der Waals surface area contributed by atoms with Crippen molar-refractivity contribution in [1.29, 1.82) is 0 Å². The predicted octanol–water partition coefficient (Wildman–Crippen LogP) is 0.951. The van der Waals surface area contributed by atoms with Gasteiger partial charge in [0.25, 0.3) is 0 Å². The Morgan fingerprint density at radius 2 is 1.50 bits per heavy atom. The average Bonchev–Trinajstić information content (AvgIpc) is 1.83. The number of hydrogen-bond donors (Lipinski definition) is 0. The van der Waals surface area contributed by atoms with Gasteiger partial charge < -0.3 is 5.48 Å². The van der Waals surface area contributed by atoms with Crippen LogP contribution in [-0.4, -0.2) is 5.48 Å². The molecule has 1 N–H and O–H groups in total. The average molecular weight is 139 g/mol. The fraction of sp³-hybridized carbons (Fsp3) is 0.375. The first-order chi connectivity index (χ1) is 4.22. The Bertz CT molecular complexity index is 200. The summed E-state index contributed by atoms with van der Waals surface area (Å²) in [5, 5.41) is 0. The van der Waals surface area contributed by atoms with Gasteiger partial charge in [0.05, 0.1) is 0 Å². The Morgan fingerprint density at radius 1 is 1.10 bits per heavy atom. The lowest BCUT2D eigenvalue weighted by molar-refractivity contribution is -0.683. The summed E-state index contributed by atoms with van der Waals surface area (Å²) in [6, 6.07) is 6.28. The van der Waals surface area contributed by atoms with Crippen LogP contribution in [0.4, 0.5) is 0 Å². The lowest BCUT2D eigenvalue weighted by Crippen LogP contribution is -2.34. The van der Waals surface area contributed by atoms with Gasteiger partial charge in [0.15, 0.2) is 11.4 Å². The molecule has 0 aliphatic carbocycles. The van der Waals surface area contributed by atoms with Gasteiger partial charge >= 0.3 is 0 Å². The number of nitrogens with zero attached hydrogens (tertiary/aromatic N) is 1.